The Bertz CT molecular complexity index is 293. The van der Waals surface area contributed by atoms with Gasteiger partial charge in [0, 0.05) is 24.0 Å². The molecule has 0 bridgehead atoms. The molecule has 0 saturated heterocycles. The lowest BCUT2D eigenvalue weighted by Gasteiger charge is -2.01. The van der Waals surface area contributed by atoms with E-state index in [4.69, 9.17) is 4.74 Å². The molecule has 0 unspecified atom stereocenters. The zero-order valence-corrected chi connectivity index (χ0v) is 9.26. The summed E-state index contributed by atoms with van der Waals surface area (Å²) < 4.78 is 4.94. The van der Waals surface area contributed by atoms with Gasteiger partial charge in [0.2, 0.25) is 0 Å². The van der Waals surface area contributed by atoms with Gasteiger partial charge in [0.15, 0.2) is 5.78 Å². The van der Waals surface area contributed by atoms with Crippen LogP contribution in [0.15, 0.2) is 29.2 Å². The van der Waals surface area contributed by atoms with Crippen molar-refractivity contribution in [1.29, 1.82) is 0 Å². The van der Waals surface area contributed by atoms with Crippen LogP contribution in [0.5, 0.6) is 0 Å². The molecule has 1 rings (SSSR count). The highest BCUT2D eigenvalue weighted by molar-refractivity contribution is 7.99. The van der Waals surface area contributed by atoms with Crippen molar-refractivity contribution in [2.75, 3.05) is 13.0 Å². The topological polar surface area (TPSA) is 26.3 Å². The molecule has 0 aromatic heterocycles. The number of thioether (sulfide) groups is 1. The van der Waals surface area contributed by atoms with E-state index < -0.39 is 0 Å². The van der Waals surface area contributed by atoms with Gasteiger partial charge in [-0.2, -0.15) is 0 Å². The molecule has 0 radical (unpaired) electrons. The maximum Gasteiger partial charge on any atom is 0.162 e. The van der Waals surface area contributed by atoms with Crippen LogP contribution in [0.4, 0.5) is 0 Å². The Balaban J connectivity index is 2.63. The first-order chi connectivity index (χ1) is 6.77. The zero-order chi connectivity index (χ0) is 10.4. The van der Waals surface area contributed by atoms with Gasteiger partial charge in [0.05, 0.1) is 5.94 Å². The quantitative estimate of drug-likeness (QED) is 0.424. The molecular weight excluding hydrogens is 196 g/mol. The second-order valence-electron chi connectivity index (χ2n) is 2.85. The highest BCUT2D eigenvalue weighted by Crippen LogP contribution is 2.18. The van der Waals surface area contributed by atoms with Gasteiger partial charge >= 0.3 is 0 Å². The largest absolute Gasteiger partial charge is 0.374 e. The first kappa shape index (κ1) is 11.3. The molecular formula is C11H14O2S. The number of carbonyl (C=O) groups is 1. The molecule has 76 valence electrons. The van der Waals surface area contributed by atoms with Crippen LogP contribution in [0, 0.1) is 0 Å². The summed E-state index contributed by atoms with van der Waals surface area (Å²) in [5, 5.41) is 0. The molecule has 0 N–H and O–H groups in total. The summed E-state index contributed by atoms with van der Waals surface area (Å²) in [5.41, 5.74) is 0.786. The highest BCUT2D eigenvalue weighted by Gasteiger charge is 2.01. The number of rotatable bonds is 5. The fraction of sp³-hybridized carbons (Fsp3) is 0.364. The summed E-state index contributed by atoms with van der Waals surface area (Å²) in [6.07, 6.45) is 0.560. The number of hydrogen-bond donors (Lipinski definition) is 0. The standard InChI is InChI=1S/C11H14O2S/c1-3-11(12)9-4-6-10(7-5-9)14-8-13-2/h4-7H,3,8H2,1-2H3. The lowest BCUT2D eigenvalue weighted by atomic mass is 10.1. The predicted octanol–water partition coefficient (Wildman–Crippen LogP) is 2.98. The van der Waals surface area contributed by atoms with E-state index in [9.17, 15) is 4.79 Å². The van der Waals surface area contributed by atoms with Gasteiger partial charge in [-0.25, -0.2) is 0 Å². The average Bonchev–Trinajstić information content (AvgIpc) is 2.26. The fourth-order valence-corrected chi connectivity index (χ4v) is 1.65. The first-order valence-corrected chi connectivity index (χ1v) is 5.51. The maximum atomic E-state index is 11.3. The molecule has 14 heavy (non-hydrogen) atoms. The van der Waals surface area contributed by atoms with E-state index in [1.54, 1.807) is 18.9 Å². The molecule has 0 spiro atoms. The summed E-state index contributed by atoms with van der Waals surface area (Å²) in [7, 11) is 1.67. The van der Waals surface area contributed by atoms with E-state index in [0.717, 1.165) is 10.5 Å². The lowest BCUT2D eigenvalue weighted by molar-refractivity contribution is 0.0988. The number of carbonyl (C=O) groups excluding carboxylic acids is 1. The molecule has 0 heterocycles. The maximum absolute atomic E-state index is 11.3. The molecule has 1 aromatic carbocycles. The highest BCUT2D eigenvalue weighted by atomic mass is 32.2. The van der Waals surface area contributed by atoms with E-state index in [2.05, 4.69) is 0 Å². The lowest BCUT2D eigenvalue weighted by Crippen LogP contribution is -1.95. The Morgan fingerprint density at radius 2 is 2.00 bits per heavy atom. The predicted molar refractivity (Wildman–Crippen MR) is 58.8 cm³/mol. The molecule has 1 aromatic rings. The summed E-state index contributed by atoms with van der Waals surface area (Å²) in [6, 6.07) is 7.63. The zero-order valence-electron chi connectivity index (χ0n) is 8.45. The monoisotopic (exact) mass is 210 g/mol. The van der Waals surface area contributed by atoms with Gasteiger partial charge in [0.1, 0.15) is 0 Å². The minimum Gasteiger partial charge on any atom is -0.374 e. The SMILES string of the molecule is CCC(=O)c1ccc(SCOC)cc1. The third-order valence-electron chi connectivity index (χ3n) is 1.84. The minimum atomic E-state index is 0.188. The van der Waals surface area contributed by atoms with Crippen molar-refractivity contribution < 1.29 is 9.53 Å². The van der Waals surface area contributed by atoms with Gasteiger partial charge in [-0.05, 0) is 12.1 Å². The van der Waals surface area contributed by atoms with Gasteiger partial charge in [-0.3, -0.25) is 4.79 Å². The van der Waals surface area contributed by atoms with Crippen LogP contribution in [0.1, 0.15) is 23.7 Å². The van der Waals surface area contributed by atoms with Crippen LogP contribution in [0.25, 0.3) is 0 Å². The first-order valence-electron chi connectivity index (χ1n) is 4.53. The van der Waals surface area contributed by atoms with Crippen molar-refractivity contribution in [2.24, 2.45) is 0 Å². The number of ketones is 1. The molecule has 0 fully saturated rings. The summed E-state index contributed by atoms with van der Waals surface area (Å²) in [4.78, 5) is 12.4. The normalized spacial score (nSPS) is 10.1. The smallest absolute Gasteiger partial charge is 0.162 e. The average molecular weight is 210 g/mol. The molecule has 0 saturated carbocycles. The van der Waals surface area contributed by atoms with Crippen LogP contribution in [-0.4, -0.2) is 18.8 Å². The fourth-order valence-electron chi connectivity index (χ4n) is 1.07. The Hall–Kier alpha value is -0.800. The molecule has 0 aliphatic rings. The second kappa shape index (κ2) is 5.83. The molecule has 2 nitrogen and oxygen atoms in total. The van der Waals surface area contributed by atoms with Gasteiger partial charge in [0.25, 0.3) is 0 Å². The molecule has 0 aliphatic carbocycles. The van der Waals surface area contributed by atoms with Crippen LogP contribution in [-0.2, 0) is 4.74 Å². The number of benzene rings is 1. The Morgan fingerprint density at radius 3 is 2.50 bits per heavy atom. The van der Waals surface area contributed by atoms with Crippen LogP contribution in [0.2, 0.25) is 0 Å². The van der Waals surface area contributed by atoms with Crippen molar-refractivity contribution in [3.05, 3.63) is 29.8 Å². The van der Waals surface area contributed by atoms with Crippen molar-refractivity contribution in [3.63, 3.8) is 0 Å². The van der Waals surface area contributed by atoms with Gasteiger partial charge in [-0.1, -0.05) is 30.8 Å². The minimum absolute atomic E-state index is 0.188. The van der Waals surface area contributed by atoms with Crippen molar-refractivity contribution in [1.82, 2.24) is 0 Å². The third-order valence-corrected chi connectivity index (χ3v) is 2.80. The van der Waals surface area contributed by atoms with E-state index in [1.807, 2.05) is 31.2 Å². The van der Waals surface area contributed by atoms with Gasteiger partial charge in [-0.15, -0.1) is 0 Å². The van der Waals surface area contributed by atoms with Crippen LogP contribution >= 0.6 is 11.8 Å². The van der Waals surface area contributed by atoms with Crippen molar-refractivity contribution in [3.8, 4) is 0 Å². The number of ether oxygens (including phenoxy) is 1. The second-order valence-corrected chi connectivity index (χ2v) is 3.85. The summed E-state index contributed by atoms with van der Waals surface area (Å²) in [6.45, 7) is 1.87. The Labute approximate surface area is 88.7 Å². The number of methoxy groups -OCH3 is 1. The summed E-state index contributed by atoms with van der Waals surface area (Å²) >= 11 is 1.61. The van der Waals surface area contributed by atoms with Crippen LogP contribution in [0.3, 0.4) is 0 Å². The summed E-state index contributed by atoms with van der Waals surface area (Å²) in [5.74, 6) is 0.828. The Kier molecular flexibility index (Phi) is 4.70. The number of hydrogen-bond acceptors (Lipinski definition) is 3. The molecule has 3 heteroatoms. The molecule has 0 aliphatic heterocycles. The van der Waals surface area contributed by atoms with E-state index in [1.165, 1.54) is 0 Å². The van der Waals surface area contributed by atoms with Gasteiger partial charge < -0.3 is 4.74 Å². The van der Waals surface area contributed by atoms with E-state index in [0.29, 0.717) is 12.4 Å². The van der Waals surface area contributed by atoms with Crippen molar-refractivity contribution in [2.45, 2.75) is 18.2 Å². The van der Waals surface area contributed by atoms with E-state index in [-0.39, 0.29) is 5.78 Å². The molecule has 0 amide bonds. The van der Waals surface area contributed by atoms with Crippen molar-refractivity contribution >= 4 is 17.5 Å². The third kappa shape index (κ3) is 3.16. The van der Waals surface area contributed by atoms with E-state index >= 15 is 0 Å². The van der Waals surface area contributed by atoms with Crippen LogP contribution < -0.4 is 0 Å². The molecule has 0 atom stereocenters. The number of Topliss-reactive ketones (excluding diaryl/α,β-unsaturated/α-hetero) is 1. The Morgan fingerprint density at radius 1 is 1.36 bits per heavy atom.